The van der Waals surface area contributed by atoms with E-state index in [4.69, 9.17) is 24.9 Å². The number of rotatable bonds is 12. The predicted octanol–water partition coefficient (Wildman–Crippen LogP) is 21.0. The molecular formula is C81H59N5. The van der Waals surface area contributed by atoms with Crippen molar-refractivity contribution >= 4 is 0 Å². The molecule has 408 valence electrons. The Morgan fingerprint density at radius 3 is 0.535 bits per heavy atom. The molecule has 0 spiro atoms. The van der Waals surface area contributed by atoms with Gasteiger partial charge in [0.05, 0.1) is 11.4 Å². The van der Waals surface area contributed by atoms with Gasteiger partial charge in [0.25, 0.3) is 0 Å². The van der Waals surface area contributed by atoms with Crippen LogP contribution in [0, 0.1) is 13.8 Å². The monoisotopic (exact) mass is 1100 g/mol. The Balaban J connectivity index is 0.000000160. The van der Waals surface area contributed by atoms with Gasteiger partial charge in [0.1, 0.15) is 11.6 Å². The zero-order chi connectivity index (χ0) is 58.0. The highest BCUT2D eigenvalue weighted by Gasteiger charge is 2.17. The fourth-order valence-electron chi connectivity index (χ4n) is 11.0. The molecule has 14 rings (SSSR count). The van der Waals surface area contributed by atoms with Crippen molar-refractivity contribution in [3.05, 3.63) is 333 Å². The van der Waals surface area contributed by atoms with Gasteiger partial charge in [0.2, 0.25) is 0 Å². The molecule has 0 unspecified atom stereocenters. The molecule has 0 aliphatic rings. The predicted molar refractivity (Wildman–Crippen MR) is 357 cm³/mol. The summed E-state index contributed by atoms with van der Waals surface area (Å²) in [5, 5.41) is 0. The van der Waals surface area contributed by atoms with Crippen molar-refractivity contribution in [1.29, 1.82) is 0 Å². The maximum absolute atomic E-state index is 5.09. The zero-order valence-electron chi connectivity index (χ0n) is 47.8. The molecule has 0 saturated heterocycles. The molecule has 0 aliphatic carbocycles. The minimum Gasteiger partial charge on any atom is -0.233 e. The van der Waals surface area contributed by atoms with Crippen LogP contribution in [-0.4, -0.2) is 24.9 Å². The SMILES string of the molecule is Cc1nc(-c2cc(-c3ccccc3)cc(-c3ccccc3)c2)cc(-c2cc(-c3ccccc3)cc(-c3ccccc3)c2)n1.Cc1nc(-c2cc(-c3ccccc3)cc(-c3ccccc3)c2)nc(-c2cc(-c3ccccc3)cc(-c3ccccc3)c2)n1. The second kappa shape index (κ2) is 25.1. The summed E-state index contributed by atoms with van der Waals surface area (Å²) in [6.07, 6.45) is 0. The van der Waals surface area contributed by atoms with Crippen LogP contribution in [0.3, 0.4) is 0 Å². The van der Waals surface area contributed by atoms with Crippen molar-refractivity contribution in [2.24, 2.45) is 0 Å². The van der Waals surface area contributed by atoms with E-state index in [-0.39, 0.29) is 0 Å². The molecule has 12 aromatic carbocycles. The largest absolute Gasteiger partial charge is 0.233 e. The van der Waals surface area contributed by atoms with Gasteiger partial charge in [-0.25, -0.2) is 24.9 Å². The van der Waals surface area contributed by atoms with E-state index < -0.39 is 0 Å². The van der Waals surface area contributed by atoms with Crippen LogP contribution in [0.15, 0.2) is 322 Å². The standard InChI is InChI=1S/C41H30N2.C40H29N3/c1-29-42-40(38-24-34(30-14-6-2-7-15-30)22-35(25-38)31-16-8-3-9-17-31)28-41(43-29)39-26-36(32-18-10-4-11-19-32)23-37(27-39)33-20-12-5-13-21-33;1-28-41-39(37-24-33(29-14-6-2-7-15-29)22-34(25-37)30-16-8-3-9-17-30)43-40(42-28)38-26-35(31-18-10-4-11-19-31)23-36(27-38)32-20-12-5-13-21-32/h2-28H,1H3;2-27H,1H3. The Morgan fingerprint density at radius 1 is 0.151 bits per heavy atom. The van der Waals surface area contributed by atoms with Gasteiger partial charge in [0, 0.05) is 22.3 Å². The first-order valence-corrected chi connectivity index (χ1v) is 29.0. The molecule has 2 aromatic heterocycles. The van der Waals surface area contributed by atoms with Crippen LogP contribution in [0.25, 0.3) is 134 Å². The number of nitrogens with zero attached hydrogens (tertiary/aromatic N) is 5. The normalized spacial score (nSPS) is 10.9. The molecule has 14 aromatic rings. The number of benzene rings is 12. The van der Waals surface area contributed by atoms with Gasteiger partial charge in [-0.05, 0) is 182 Å². The van der Waals surface area contributed by atoms with Crippen molar-refractivity contribution in [1.82, 2.24) is 24.9 Å². The van der Waals surface area contributed by atoms with Crippen molar-refractivity contribution < 1.29 is 0 Å². The minimum atomic E-state index is 0.656. The third-order valence-corrected chi connectivity index (χ3v) is 15.3. The van der Waals surface area contributed by atoms with E-state index in [9.17, 15) is 0 Å². The highest BCUT2D eigenvalue weighted by molar-refractivity contribution is 5.86. The number of hydrogen-bond donors (Lipinski definition) is 0. The summed E-state index contributed by atoms with van der Waals surface area (Å²) in [4.78, 5) is 24.7. The van der Waals surface area contributed by atoms with E-state index in [2.05, 4.69) is 297 Å². The number of aromatic nitrogens is 5. The van der Waals surface area contributed by atoms with Gasteiger partial charge < -0.3 is 0 Å². The van der Waals surface area contributed by atoms with Crippen LogP contribution in [-0.2, 0) is 0 Å². The Morgan fingerprint density at radius 2 is 0.326 bits per heavy atom. The highest BCUT2D eigenvalue weighted by Crippen LogP contribution is 2.38. The van der Waals surface area contributed by atoms with Crippen LogP contribution in [0.1, 0.15) is 11.6 Å². The fourth-order valence-corrected chi connectivity index (χ4v) is 11.0. The summed E-state index contributed by atoms with van der Waals surface area (Å²) < 4.78 is 0. The summed E-state index contributed by atoms with van der Waals surface area (Å²) in [7, 11) is 0. The highest BCUT2D eigenvalue weighted by atomic mass is 15.0. The minimum absolute atomic E-state index is 0.656. The first kappa shape index (κ1) is 54.0. The van der Waals surface area contributed by atoms with Crippen molar-refractivity contribution in [3.8, 4) is 134 Å². The molecule has 0 N–H and O–H groups in total. The molecule has 0 atom stereocenters. The zero-order valence-corrected chi connectivity index (χ0v) is 47.8. The van der Waals surface area contributed by atoms with Crippen molar-refractivity contribution in [2.45, 2.75) is 13.8 Å². The smallest absolute Gasteiger partial charge is 0.163 e. The van der Waals surface area contributed by atoms with Crippen LogP contribution in [0.2, 0.25) is 0 Å². The quantitative estimate of drug-likeness (QED) is 0.122. The molecule has 0 aliphatic heterocycles. The van der Waals surface area contributed by atoms with Gasteiger partial charge >= 0.3 is 0 Å². The molecule has 5 heteroatoms. The Labute approximate surface area is 503 Å². The second-order valence-electron chi connectivity index (χ2n) is 21.3. The Bertz CT molecular complexity index is 3780. The molecule has 0 radical (unpaired) electrons. The third-order valence-electron chi connectivity index (χ3n) is 15.3. The van der Waals surface area contributed by atoms with Gasteiger partial charge in [-0.15, -0.1) is 0 Å². The Kier molecular flexibility index (Phi) is 15.7. The molecule has 0 fully saturated rings. The molecule has 5 nitrogen and oxygen atoms in total. The lowest BCUT2D eigenvalue weighted by Crippen LogP contribution is -2.00. The summed E-state index contributed by atoms with van der Waals surface area (Å²) in [6, 6.07) is 113. The lowest BCUT2D eigenvalue weighted by atomic mass is 9.93. The van der Waals surface area contributed by atoms with E-state index >= 15 is 0 Å². The summed E-state index contributed by atoms with van der Waals surface area (Å²) in [5.74, 6) is 2.73. The average molecular weight is 1100 g/mol. The van der Waals surface area contributed by atoms with Crippen LogP contribution in [0.4, 0.5) is 0 Å². The molecule has 0 saturated carbocycles. The molecule has 0 amide bonds. The van der Waals surface area contributed by atoms with E-state index in [0.717, 1.165) is 106 Å². The summed E-state index contributed by atoms with van der Waals surface area (Å²) in [6.45, 7) is 3.91. The number of aryl methyl sites for hydroxylation is 2. The van der Waals surface area contributed by atoms with Gasteiger partial charge in [0.15, 0.2) is 11.6 Å². The summed E-state index contributed by atoms with van der Waals surface area (Å²) in [5.41, 5.74) is 24.3. The topological polar surface area (TPSA) is 64.5 Å². The average Bonchev–Trinajstić information content (AvgIpc) is 1.96. The third kappa shape index (κ3) is 12.5. The fraction of sp³-hybridized carbons (Fsp3) is 0.0247. The van der Waals surface area contributed by atoms with Crippen LogP contribution < -0.4 is 0 Å². The van der Waals surface area contributed by atoms with Gasteiger partial charge in [-0.2, -0.15) is 0 Å². The van der Waals surface area contributed by atoms with E-state index in [1.165, 1.54) is 22.3 Å². The second-order valence-corrected chi connectivity index (χ2v) is 21.3. The van der Waals surface area contributed by atoms with E-state index in [0.29, 0.717) is 17.5 Å². The molecular weight excluding hydrogens is 1040 g/mol. The van der Waals surface area contributed by atoms with Crippen molar-refractivity contribution in [3.63, 3.8) is 0 Å². The van der Waals surface area contributed by atoms with E-state index in [1.54, 1.807) is 0 Å². The van der Waals surface area contributed by atoms with Gasteiger partial charge in [-0.1, -0.05) is 243 Å². The van der Waals surface area contributed by atoms with E-state index in [1.807, 2.05) is 38.1 Å². The number of hydrogen-bond acceptors (Lipinski definition) is 5. The Hall–Kier alpha value is -11.3. The molecule has 86 heavy (non-hydrogen) atoms. The van der Waals surface area contributed by atoms with Crippen molar-refractivity contribution in [2.75, 3.05) is 0 Å². The summed E-state index contributed by atoms with van der Waals surface area (Å²) >= 11 is 0. The maximum atomic E-state index is 5.09. The first-order chi connectivity index (χ1) is 42.4. The van der Waals surface area contributed by atoms with Crippen LogP contribution in [0.5, 0.6) is 0 Å². The molecule has 0 bridgehead atoms. The molecule has 2 heterocycles. The lowest BCUT2D eigenvalue weighted by Gasteiger charge is -2.14. The van der Waals surface area contributed by atoms with Gasteiger partial charge in [-0.3, -0.25) is 0 Å². The lowest BCUT2D eigenvalue weighted by molar-refractivity contribution is 0.992. The van der Waals surface area contributed by atoms with Crippen LogP contribution >= 0.6 is 0 Å². The first-order valence-electron chi connectivity index (χ1n) is 29.0. The maximum Gasteiger partial charge on any atom is 0.163 e.